The van der Waals surface area contributed by atoms with Gasteiger partial charge in [0.05, 0.1) is 17.3 Å². The van der Waals surface area contributed by atoms with Crippen LogP contribution in [0.15, 0.2) is 18.3 Å². The van der Waals surface area contributed by atoms with Crippen LogP contribution in [0.25, 0.3) is 5.65 Å². The molecule has 2 aliphatic rings. The lowest BCUT2D eigenvalue weighted by atomic mass is 9.76. The smallest absolute Gasteiger partial charge is 0.314 e. The monoisotopic (exact) mass is 363 g/mol. The molecule has 0 radical (unpaired) electrons. The first-order valence-electron chi connectivity index (χ1n) is 8.17. The summed E-state index contributed by atoms with van der Waals surface area (Å²) in [5, 5.41) is 10.2. The van der Waals surface area contributed by atoms with Crippen molar-refractivity contribution in [2.45, 2.75) is 13.3 Å². The van der Waals surface area contributed by atoms with Crippen LogP contribution in [0.4, 0.5) is 0 Å². The summed E-state index contributed by atoms with van der Waals surface area (Å²) in [5.74, 6) is -1.21. The number of carboxylic acids is 1. The molecule has 2 atom stereocenters. The molecule has 7 nitrogen and oxygen atoms in total. The Morgan fingerprint density at radius 1 is 1.44 bits per heavy atom. The molecule has 0 aromatic carbocycles. The molecule has 2 aromatic rings. The average molecular weight is 364 g/mol. The fraction of sp³-hybridized carbons (Fsp3) is 0.471. The molecule has 8 heteroatoms. The highest BCUT2D eigenvalue weighted by molar-refractivity contribution is 6.30. The van der Waals surface area contributed by atoms with Gasteiger partial charge in [0.15, 0.2) is 0 Å². The minimum absolute atomic E-state index is 0.0919. The van der Waals surface area contributed by atoms with Crippen molar-refractivity contribution < 1.29 is 19.4 Å². The Morgan fingerprint density at radius 2 is 2.24 bits per heavy atom. The highest BCUT2D eigenvalue weighted by Gasteiger charge is 2.55. The van der Waals surface area contributed by atoms with Gasteiger partial charge in [0.1, 0.15) is 16.8 Å². The molecule has 0 unspecified atom stereocenters. The number of imidazole rings is 1. The van der Waals surface area contributed by atoms with E-state index in [1.54, 1.807) is 34.6 Å². The van der Waals surface area contributed by atoms with E-state index in [9.17, 15) is 14.7 Å². The number of amides is 1. The van der Waals surface area contributed by atoms with E-state index < -0.39 is 11.4 Å². The first-order chi connectivity index (χ1) is 11.9. The summed E-state index contributed by atoms with van der Waals surface area (Å²) < 4.78 is 7.10. The van der Waals surface area contributed by atoms with Crippen LogP contribution in [0.2, 0.25) is 5.02 Å². The van der Waals surface area contributed by atoms with Crippen LogP contribution < -0.4 is 0 Å². The molecule has 2 saturated heterocycles. The Kier molecular flexibility index (Phi) is 3.73. The van der Waals surface area contributed by atoms with Crippen molar-refractivity contribution in [2.75, 3.05) is 26.3 Å². The lowest BCUT2D eigenvalue weighted by molar-refractivity contribution is -0.159. The molecule has 2 aromatic heterocycles. The second-order valence-electron chi connectivity index (χ2n) is 6.81. The largest absolute Gasteiger partial charge is 0.481 e. The molecule has 0 bridgehead atoms. The number of halogens is 1. The maximum Gasteiger partial charge on any atom is 0.314 e. The van der Waals surface area contributed by atoms with Crippen LogP contribution in [-0.2, 0) is 9.53 Å². The standard InChI is InChI=1S/C17H18ClN3O4/c1-10-14(21-7-12(18)2-3-13(21)19-10)15(22)20-6-11-4-5-25-9-17(11,8-20)16(23)24/h2-3,7,11H,4-6,8-9H2,1H3,(H,23,24)/t11-,17+/m0/s1. The molecular formula is C17H18ClN3O4. The molecule has 4 heterocycles. The summed E-state index contributed by atoms with van der Waals surface area (Å²) in [6, 6.07) is 3.47. The minimum atomic E-state index is -1.01. The summed E-state index contributed by atoms with van der Waals surface area (Å²) in [5.41, 5.74) is 0.651. The molecule has 0 spiro atoms. The maximum atomic E-state index is 13.2. The first kappa shape index (κ1) is 16.4. The molecule has 1 N–H and O–H groups in total. The Hall–Kier alpha value is -2.12. The van der Waals surface area contributed by atoms with Crippen molar-refractivity contribution in [3.8, 4) is 0 Å². The zero-order chi connectivity index (χ0) is 17.8. The third kappa shape index (κ3) is 2.41. The van der Waals surface area contributed by atoms with E-state index in [0.717, 1.165) is 0 Å². The van der Waals surface area contributed by atoms with Crippen molar-refractivity contribution in [3.05, 3.63) is 34.7 Å². The highest BCUT2D eigenvalue weighted by atomic mass is 35.5. The maximum absolute atomic E-state index is 13.2. The van der Waals surface area contributed by atoms with Gasteiger partial charge in [-0.05, 0) is 31.4 Å². The van der Waals surface area contributed by atoms with E-state index in [1.165, 1.54) is 0 Å². The number of carbonyl (C=O) groups is 2. The zero-order valence-corrected chi connectivity index (χ0v) is 14.5. The molecule has 1 amide bonds. The van der Waals surface area contributed by atoms with Gasteiger partial charge in [0, 0.05) is 25.9 Å². The molecule has 132 valence electrons. The summed E-state index contributed by atoms with van der Waals surface area (Å²) >= 11 is 6.06. The SMILES string of the molecule is Cc1nc2ccc(Cl)cn2c1C(=O)N1C[C@@H]2CCOC[C@]2(C(=O)O)C1. The Labute approximate surface area is 149 Å². The van der Waals surface area contributed by atoms with Gasteiger partial charge in [-0.15, -0.1) is 0 Å². The third-order valence-electron chi connectivity index (χ3n) is 5.34. The minimum Gasteiger partial charge on any atom is -0.481 e. The van der Waals surface area contributed by atoms with Gasteiger partial charge >= 0.3 is 5.97 Å². The summed E-state index contributed by atoms with van der Waals surface area (Å²) in [7, 11) is 0. The van der Waals surface area contributed by atoms with Gasteiger partial charge in [0.25, 0.3) is 5.91 Å². The van der Waals surface area contributed by atoms with E-state index >= 15 is 0 Å². The third-order valence-corrected chi connectivity index (χ3v) is 5.56. The lowest BCUT2D eigenvalue weighted by Gasteiger charge is -2.33. The highest BCUT2D eigenvalue weighted by Crippen LogP contribution is 2.42. The number of likely N-dealkylation sites (tertiary alicyclic amines) is 1. The Balaban J connectivity index is 1.72. The van der Waals surface area contributed by atoms with Crippen molar-refractivity contribution >= 4 is 29.1 Å². The number of carboxylic acid groups (broad SMARTS) is 1. The molecule has 2 aliphatic heterocycles. The lowest BCUT2D eigenvalue weighted by Crippen LogP contribution is -2.46. The van der Waals surface area contributed by atoms with Crippen molar-refractivity contribution in [3.63, 3.8) is 0 Å². The Morgan fingerprint density at radius 3 is 2.96 bits per heavy atom. The quantitative estimate of drug-likeness (QED) is 0.880. The van der Waals surface area contributed by atoms with Crippen molar-refractivity contribution in [1.82, 2.24) is 14.3 Å². The summed E-state index contributed by atoms with van der Waals surface area (Å²) in [4.78, 5) is 31.1. The van der Waals surface area contributed by atoms with Crippen molar-refractivity contribution in [1.29, 1.82) is 0 Å². The van der Waals surface area contributed by atoms with Crippen LogP contribution in [-0.4, -0.2) is 57.6 Å². The van der Waals surface area contributed by atoms with E-state index in [0.29, 0.717) is 41.6 Å². The van der Waals surface area contributed by atoms with Crippen LogP contribution >= 0.6 is 11.6 Å². The fourth-order valence-electron chi connectivity index (χ4n) is 3.99. The van der Waals surface area contributed by atoms with Gasteiger partial charge in [0.2, 0.25) is 0 Å². The second-order valence-corrected chi connectivity index (χ2v) is 7.24. The fourth-order valence-corrected chi connectivity index (χ4v) is 4.15. The van der Waals surface area contributed by atoms with Crippen LogP contribution in [0, 0.1) is 18.3 Å². The van der Waals surface area contributed by atoms with Gasteiger partial charge < -0.3 is 14.7 Å². The average Bonchev–Trinajstić information content (AvgIpc) is 3.12. The molecule has 25 heavy (non-hydrogen) atoms. The number of ether oxygens (including phenoxy) is 1. The number of aliphatic carboxylic acids is 1. The summed E-state index contributed by atoms with van der Waals surface area (Å²) in [6.45, 7) is 3.02. The molecule has 2 fully saturated rings. The molecule has 0 saturated carbocycles. The number of pyridine rings is 1. The summed E-state index contributed by atoms with van der Waals surface area (Å²) in [6.07, 6.45) is 2.30. The van der Waals surface area contributed by atoms with Crippen molar-refractivity contribution in [2.24, 2.45) is 11.3 Å². The van der Waals surface area contributed by atoms with Crippen LogP contribution in [0.1, 0.15) is 22.6 Å². The topological polar surface area (TPSA) is 84.1 Å². The number of fused-ring (bicyclic) bond motifs is 2. The van der Waals surface area contributed by atoms with Crippen LogP contribution in [0.5, 0.6) is 0 Å². The van der Waals surface area contributed by atoms with Gasteiger partial charge in [-0.2, -0.15) is 0 Å². The van der Waals surface area contributed by atoms with E-state index in [4.69, 9.17) is 16.3 Å². The van der Waals surface area contributed by atoms with Gasteiger partial charge in [-0.25, -0.2) is 4.98 Å². The molecule has 4 rings (SSSR count). The number of nitrogens with zero attached hydrogens (tertiary/aromatic N) is 3. The zero-order valence-electron chi connectivity index (χ0n) is 13.7. The normalized spacial score (nSPS) is 26.0. The number of hydrogen-bond acceptors (Lipinski definition) is 4. The molecule has 0 aliphatic carbocycles. The Bertz CT molecular complexity index is 880. The first-order valence-corrected chi connectivity index (χ1v) is 8.55. The van der Waals surface area contributed by atoms with E-state index in [-0.39, 0.29) is 25.0 Å². The van der Waals surface area contributed by atoms with E-state index in [1.807, 2.05) is 0 Å². The van der Waals surface area contributed by atoms with Gasteiger partial charge in [-0.1, -0.05) is 11.6 Å². The number of hydrogen-bond donors (Lipinski definition) is 1. The van der Waals surface area contributed by atoms with Gasteiger partial charge in [-0.3, -0.25) is 14.0 Å². The molecular weight excluding hydrogens is 346 g/mol. The number of carbonyl (C=O) groups excluding carboxylic acids is 1. The van der Waals surface area contributed by atoms with Crippen LogP contribution in [0.3, 0.4) is 0 Å². The number of rotatable bonds is 2. The number of aryl methyl sites for hydroxylation is 1. The predicted octanol–water partition coefficient (Wildman–Crippen LogP) is 1.86. The van der Waals surface area contributed by atoms with E-state index in [2.05, 4.69) is 4.98 Å². The second kappa shape index (κ2) is 5.71. The number of aromatic nitrogens is 2. The predicted molar refractivity (Wildman–Crippen MR) is 89.8 cm³/mol.